The van der Waals surface area contributed by atoms with Gasteiger partial charge in [-0.3, -0.25) is 9.59 Å². The second-order valence-electron chi connectivity index (χ2n) is 5.26. The molecule has 1 saturated carbocycles. The van der Waals surface area contributed by atoms with E-state index in [1.165, 1.54) is 17.7 Å². The summed E-state index contributed by atoms with van der Waals surface area (Å²) in [5.74, 6) is -0.921. The van der Waals surface area contributed by atoms with Gasteiger partial charge in [0.25, 0.3) is 11.7 Å². The van der Waals surface area contributed by atoms with Crippen molar-refractivity contribution < 1.29 is 9.59 Å². The average molecular weight is 335 g/mol. The summed E-state index contributed by atoms with van der Waals surface area (Å²) in [5.41, 5.74) is 2.04. The van der Waals surface area contributed by atoms with Gasteiger partial charge in [-0.05, 0) is 46.5 Å². The molecule has 1 N–H and O–H groups in total. The van der Waals surface area contributed by atoms with Crippen molar-refractivity contribution in [3.8, 4) is 0 Å². The highest BCUT2D eigenvalue weighted by Gasteiger charge is 2.37. The number of hydrogen-bond acceptors (Lipinski definition) is 3. The predicted molar refractivity (Wildman–Crippen MR) is 81.0 cm³/mol. The maximum Gasteiger partial charge on any atom is 0.299 e. The number of benzene rings is 1. The van der Waals surface area contributed by atoms with E-state index in [4.69, 9.17) is 0 Å². The highest BCUT2D eigenvalue weighted by molar-refractivity contribution is 9.10. The van der Waals surface area contributed by atoms with E-state index in [1.54, 1.807) is 12.1 Å². The molecule has 1 amide bonds. The van der Waals surface area contributed by atoms with Gasteiger partial charge in [0.2, 0.25) is 0 Å². The Hall–Kier alpha value is -1.46. The number of carbonyl (C=O) groups excluding carboxylic acids is 2. The maximum absolute atomic E-state index is 12.1. The smallest absolute Gasteiger partial charge is 0.299 e. The van der Waals surface area contributed by atoms with Crippen LogP contribution in [0.25, 0.3) is 0 Å². The molecule has 0 aromatic heterocycles. The van der Waals surface area contributed by atoms with Gasteiger partial charge in [0.1, 0.15) is 0 Å². The summed E-state index contributed by atoms with van der Waals surface area (Å²) < 4.78 is 0.664. The number of carbonyl (C=O) groups is 2. The van der Waals surface area contributed by atoms with Crippen LogP contribution in [0, 0.1) is 0 Å². The van der Waals surface area contributed by atoms with Crippen molar-refractivity contribution in [1.29, 1.82) is 0 Å². The lowest BCUT2D eigenvalue weighted by Crippen LogP contribution is -2.33. The second kappa shape index (κ2) is 5.14. The maximum atomic E-state index is 12.1. The van der Waals surface area contributed by atoms with Gasteiger partial charge in [0.15, 0.2) is 0 Å². The molecule has 20 heavy (non-hydrogen) atoms. The lowest BCUT2D eigenvalue weighted by molar-refractivity contribution is -0.114. The molecule has 5 heteroatoms. The number of ketones is 1. The van der Waals surface area contributed by atoms with Crippen molar-refractivity contribution >= 4 is 33.3 Å². The van der Waals surface area contributed by atoms with Crippen LogP contribution in [0.1, 0.15) is 23.2 Å². The first kappa shape index (κ1) is 13.5. The minimum absolute atomic E-state index is 0.383. The van der Waals surface area contributed by atoms with Gasteiger partial charge in [0.05, 0.1) is 11.3 Å². The zero-order chi connectivity index (χ0) is 14.3. The zero-order valence-corrected chi connectivity index (χ0v) is 12.6. The van der Waals surface area contributed by atoms with Gasteiger partial charge < -0.3 is 10.2 Å². The van der Waals surface area contributed by atoms with E-state index in [0.717, 1.165) is 5.57 Å². The molecule has 1 fully saturated rings. The summed E-state index contributed by atoms with van der Waals surface area (Å²) in [6, 6.07) is 6.00. The molecule has 1 heterocycles. The molecule has 104 valence electrons. The van der Waals surface area contributed by atoms with Crippen molar-refractivity contribution in [3.63, 3.8) is 0 Å². The largest absolute Gasteiger partial charge is 0.310 e. The lowest BCUT2D eigenvalue weighted by atomic mass is 10.1. The van der Waals surface area contributed by atoms with E-state index >= 15 is 0 Å². The van der Waals surface area contributed by atoms with Crippen LogP contribution < -0.4 is 10.2 Å². The molecule has 0 unspecified atom stereocenters. The second-order valence-corrected chi connectivity index (χ2v) is 6.11. The molecule has 0 radical (unpaired) electrons. The highest BCUT2D eigenvalue weighted by Crippen LogP contribution is 2.34. The van der Waals surface area contributed by atoms with Gasteiger partial charge >= 0.3 is 0 Å². The number of anilines is 1. The van der Waals surface area contributed by atoms with Crippen LogP contribution in [0.5, 0.6) is 0 Å². The molecule has 1 aromatic rings. The highest BCUT2D eigenvalue weighted by atomic mass is 79.9. The summed E-state index contributed by atoms with van der Waals surface area (Å²) in [7, 11) is 0. The van der Waals surface area contributed by atoms with Gasteiger partial charge in [-0.2, -0.15) is 0 Å². The fourth-order valence-electron chi connectivity index (χ4n) is 2.31. The molecule has 1 aliphatic heterocycles. The average Bonchev–Trinajstić information content (AvgIpc) is 3.21. The van der Waals surface area contributed by atoms with Crippen LogP contribution in [0.4, 0.5) is 5.69 Å². The fourth-order valence-corrected chi connectivity index (χ4v) is 2.85. The Labute approximate surface area is 126 Å². The van der Waals surface area contributed by atoms with Gasteiger partial charge in [-0.1, -0.05) is 12.6 Å². The molecule has 0 bridgehead atoms. The summed E-state index contributed by atoms with van der Waals surface area (Å²) in [6.45, 7) is 5.06. The standard InChI is InChI=1S/C15H15BrN2O2/c1-9(7-17-10-5-6-10)8-18-12-4-2-3-11(16)13(12)14(19)15(18)20/h2-4,10,17H,1,5-8H2. The van der Waals surface area contributed by atoms with Crippen molar-refractivity contribution in [2.45, 2.75) is 18.9 Å². The van der Waals surface area contributed by atoms with Crippen molar-refractivity contribution in [1.82, 2.24) is 5.32 Å². The number of halogens is 1. The summed E-state index contributed by atoms with van der Waals surface area (Å²) in [5, 5.41) is 3.36. The molecule has 0 saturated heterocycles. The lowest BCUT2D eigenvalue weighted by Gasteiger charge is -2.18. The summed E-state index contributed by atoms with van der Waals surface area (Å²) in [6.07, 6.45) is 2.42. The van der Waals surface area contributed by atoms with E-state index < -0.39 is 11.7 Å². The number of nitrogens with zero attached hydrogens (tertiary/aromatic N) is 1. The third-order valence-electron chi connectivity index (χ3n) is 3.55. The first-order valence-corrected chi connectivity index (χ1v) is 7.42. The molecule has 4 nitrogen and oxygen atoms in total. The Balaban J connectivity index is 1.76. The first-order chi connectivity index (χ1) is 9.58. The Morgan fingerprint density at radius 1 is 1.40 bits per heavy atom. The Kier molecular flexibility index (Phi) is 3.48. The summed E-state index contributed by atoms with van der Waals surface area (Å²) in [4.78, 5) is 25.6. The number of amides is 1. The Morgan fingerprint density at radius 2 is 2.15 bits per heavy atom. The van der Waals surface area contributed by atoms with E-state index in [0.29, 0.717) is 34.9 Å². The Bertz CT molecular complexity index is 608. The minimum atomic E-state index is -0.473. The number of nitrogens with one attached hydrogen (secondary N) is 1. The summed E-state index contributed by atoms with van der Waals surface area (Å²) >= 11 is 3.33. The van der Waals surface area contributed by atoms with E-state index in [1.807, 2.05) is 6.07 Å². The van der Waals surface area contributed by atoms with Crippen LogP contribution in [0.3, 0.4) is 0 Å². The molecule has 0 atom stereocenters. The van der Waals surface area contributed by atoms with Crippen molar-refractivity contribution in [2.75, 3.05) is 18.0 Å². The Morgan fingerprint density at radius 3 is 2.85 bits per heavy atom. The van der Waals surface area contributed by atoms with E-state index in [-0.39, 0.29) is 0 Å². The quantitative estimate of drug-likeness (QED) is 0.663. The predicted octanol–water partition coefficient (Wildman–Crippen LogP) is 2.29. The number of fused-ring (bicyclic) bond motifs is 1. The molecular formula is C15H15BrN2O2. The molecule has 1 aromatic carbocycles. The van der Waals surface area contributed by atoms with Crippen LogP contribution >= 0.6 is 15.9 Å². The van der Waals surface area contributed by atoms with Crippen LogP contribution in [0.15, 0.2) is 34.8 Å². The van der Waals surface area contributed by atoms with Crippen molar-refractivity contribution in [2.24, 2.45) is 0 Å². The third kappa shape index (κ3) is 2.43. The minimum Gasteiger partial charge on any atom is -0.310 e. The zero-order valence-electron chi connectivity index (χ0n) is 11.0. The number of hydrogen-bond donors (Lipinski definition) is 1. The molecule has 1 aliphatic carbocycles. The SMILES string of the molecule is C=C(CNC1CC1)CN1C(=O)C(=O)c2c(Br)cccc21. The molecule has 3 rings (SSSR count). The molecule has 2 aliphatic rings. The topological polar surface area (TPSA) is 49.4 Å². The third-order valence-corrected chi connectivity index (χ3v) is 4.21. The number of Topliss-reactive ketones (excluding diaryl/α,β-unsaturated/α-hetero) is 1. The van der Waals surface area contributed by atoms with Crippen LogP contribution in [-0.2, 0) is 4.79 Å². The number of rotatable bonds is 5. The van der Waals surface area contributed by atoms with Crippen molar-refractivity contribution in [3.05, 3.63) is 40.4 Å². The fraction of sp³-hybridized carbons (Fsp3) is 0.333. The van der Waals surface area contributed by atoms with Gasteiger partial charge in [-0.15, -0.1) is 0 Å². The molecule has 0 spiro atoms. The van der Waals surface area contributed by atoms with Crippen LogP contribution in [-0.4, -0.2) is 30.8 Å². The normalized spacial score (nSPS) is 17.6. The molecular weight excluding hydrogens is 320 g/mol. The van der Waals surface area contributed by atoms with E-state index in [9.17, 15) is 9.59 Å². The van der Waals surface area contributed by atoms with Gasteiger partial charge in [0, 0.05) is 23.6 Å². The first-order valence-electron chi connectivity index (χ1n) is 6.62. The van der Waals surface area contributed by atoms with Crippen LogP contribution in [0.2, 0.25) is 0 Å². The van der Waals surface area contributed by atoms with Gasteiger partial charge in [-0.25, -0.2) is 0 Å². The van der Waals surface area contributed by atoms with E-state index in [2.05, 4.69) is 27.8 Å². The monoisotopic (exact) mass is 334 g/mol.